The van der Waals surface area contributed by atoms with E-state index in [1.807, 2.05) is 0 Å². The van der Waals surface area contributed by atoms with E-state index in [2.05, 4.69) is 21.1 Å². The molecule has 0 radical (unpaired) electrons. The Hall–Kier alpha value is -5.12. The highest BCUT2D eigenvalue weighted by Crippen LogP contribution is 2.21. The zero-order valence-electron chi connectivity index (χ0n) is 19.5. The number of phenols is 2. The number of nitrogens with one attached hydrogen (secondary N) is 2. The van der Waals surface area contributed by atoms with Crippen molar-refractivity contribution in [2.75, 3.05) is 14.2 Å². The lowest BCUT2D eigenvalue weighted by Gasteiger charge is -2.03. The van der Waals surface area contributed by atoms with Crippen molar-refractivity contribution >= 4 is 30.3 Å². The average molecular weight is 489 g/mol. The van der Waals surface area contributed by atoms with Gasteiger partial charge in [-0.15, -0.1) is 0 Å². The van der Waals surface area contributed by atoms with E-state index in [0.29, 0.717) is 33.8 Å². The Morgan fingerprint density at radius 3 is 1.83 bits per heavy atom. The first-order valence-electron chi connectivity index (χ1n) is 10.6. The van der Waals surface area contributed by atoms with E-state index in [1.54, 1.807) is 54.6 Å². The van der Waals surface area contributed by atoms with Gasteiger partial charge in [-0.25, -0.2) is 10.9 Å². The Bertz CT molecular complexity index is 1320. The minimum absolute atomic E-state index is 0.00175. The van der Waals surface area contributed by atoms with Crippen molar-refractivity contribution in [3.05, 3.63) is 89.0 Å². The molecular formula is C26H24N4O6. The fourth-order valence-electron chi connectivity index (χ4n) is 2.87. The smallest absolute Gasteiger partial charge is 0.271 e. The highest BCUT2D eigenvalue weighted by Gasteiger charge is 2.05. The zero-order valence-corrected chi connectivity index (χ0v) is 19.5. The molecule has 0 aromatic heterocycles. The van der Waals surface area contributed by atoms with Gasteiger partial charge in [0.15, 0.2) is 0 Å². The molecule has 0 atom stereocenters. The lowest BCUT2D eigenvalue weighted by molar-refractivity contribution is -0.116. The second kappa shape index (κ2) is 12.4. The number of benzene rings is 3. The molecule has 0 aliphatic heterocycles. The van der Waals surface area contributed by atoms with E-state index in [1.165, 1.54) is 44.9 Å². The normalized spacial score (nSPS) is 11.2. The maximum atomic E-state index is 12.3. The molecule has 0 aliphatic carbocycles. The molecule has 10 nitrogen and oxygen atoms in total. The van der Waals surface area contributed by atoms with Crippen molar-refractivity contribution in [2.45, 2.75) is 0 Å². The number of ether oxygens (including phenoxy) is 2. The molecule has 0 spiro atoms. The third kappa shape index (κ3) is 7.19. The molecule has 3 aromatic rings. The predicted octanol–water partition coefficient (Wildman–Crippen LogP) is 3.04. The number of phenolic OH excluding ortho intramolecular Hbond substituents is 2. The lowest BCUT2D eigenvalue weighted by atomic mass is 10.1. The van der Waals surface area contributed by atoms with E-state index in [9.17, 15) is 19.8 Å². The molecule has 0 fully saturated rings. The van der Waals surface area contributed by atoms with Crippen molar-refractivity contribution < 1.29 is 29.3 Å². The van der Waals surface area contributed by atoms with Crippen LogP contribution in [0.1, 0.15) is 27.0 Å². The summed E-state index contributed by atoms with van der Waals surface area (Å²) in [6.45, 7) is 0. The summed E-state index contributed by atoms with van der Waals surface area (Å²) in [6.07, 6.45) is 5.45. The number of hydrazone groups is 2. The van der Waals surface area contributed by atoms with Crippen LogP contribution in [-0.4, -0.2) is 48.7 Å². The zero-order chi connectivity index (χ0) is 25.9. The second-order valence-electron chi connectivity index (χ2n) is 7.24. The topological polar surface area (TPSA) is 142 Å². The van der Waals surface area contributed by atoms with E-state index in [-0.39, 0.29) is 11.5 Å². The maximum Gasteiger partial charge on any atom is 0.271 e. The monoisotopic (exact) mass is 488 g/mol. The summed E-state index contributed by atoms with van der Waals surface area (Å²) in [5, 5.41) is 27.3. The number of amides is 2. The van der Waals surface area contributed by atoms with Crippen LogP contribution < -0.4 is 20.3 Å². The number of aromatic hydroxyl groups is 2. The Morgan fingerprint density at radius 1 is 0.778 bits per heavy atom. The maximum absolute atomic E-state index is 12.3. The SMILES string of the molecule is COc1ccc(O)c(/C=N/NC(=O)/C=C/c2ccc(C(=O)N/N=C/c3cc(OC)ccc3O)cc2)c1. The fraction of sp³-hybridized carbons (Fsp3) is 0.0769. The quantitative estimate of drug-likeness (QED) is 0.207. The molecular weight excluding hydrogens is 464 g/mol. The summed E-state index contributed by atoms with van der Waals surface area (Å²) in [6, 6.07) is 15.8. The van der Waals surface area contributed by atoms with Crippen molar-refractivity contribution in [2.24, 2.45) is 10.2 Å². The van der Waals surface area contributed by atoms with Crippen LogP contribution in [-0.2, 0) is 4.79 Å². The molecule has 10 heteroatoms. The Morgan fingerprint density at radius 2 is 1.31 bits per heavy atom. The fourth-order valence-corrected chi connectivity index (χ4v) is 2.87. The summed E-state index contributed by atoms with van der Waals surface area (Å²) >= 11 is 0. The van der Waals surface area contributed by atoms with Crippen LogP contribution in [0.25, 0.3) is 6.08 Å². The largest absolute Gasteiger partial charge is 0.507 e. The number of nitrogens with zero attached hydrogens (tertiary/aromatic N) is 2. The van der Waals surface area contributed by atoms with Crippen LogP contribution in [0.15, 0.2) is 76.9 Å². The number of rotatable bonds is 9. The number of carbonyl (C=O) groups excluding carboxylic acids is 2. The Kier molecular flexibility index (Phi) is 8.76. The molecule has 2 amide bonds. The van der Waals surface area contributed by atoms with Crippen molar-refractivity contribution in [3.8, 4) is 23.0 Å². The molecule has 0 saturated carbocycles. The Labute approximate surface area is 207 Å². The van der Waals surface area contributed by atoms with Crippen LogP contribution in [0.4, 0.5) is 0 Å². The van der Waals surface area contributed by atoms with Gasteiger partial charge in [0, 0.05) is 22.8 Å². The van der Waals surface area contributed by atoms with Crippen molar-refractivity contribution in [3.63, 3.8) is 0 Å². The molecule has 4 N–H and O–H groups in total. The average Bonchev–Trinajstić information content (AvgIpc) is 2.89. The van der Waals surface area contributed by atoms with Crippen LogP contribution in [0.3, 0.4) is 0 Å². The van der Waals surface area contributed by atoms with Gasteiger partial charge in [0.25, 0.3) is 11.8 Å². The summed E-state index contributed by atoms with van der Waals surface area (Å²) in [7, 11) is 3.01. The summed E-state index contributed by atoms with van der Waals surface area (Å²) in [5.41, 5.74) is 6.52. The minimum Gasteiger partial charge on any atom is -0.507 e. The van der Waals surface area contributed by atoms with Gasteiger partial charge in [0.2, 0.25) is 0 Å². The molecule has 0 unspecified atom stereocenters. The first-order chi connectivity index (χ1) is 17.4. The second-order valence-corrected chi connectivity index (χ2v) is 7.24. The molecule has 3 aromatic carbocycles. The number of carbonyl (C=O) groups is 2. The summed E-state index contributed by atoms with van der Waals surface area (Å²) in [5.74, 6) is 0.153. The molecule has 0 saturated heterocycles. The van der Waals surface area contributed by atoms with Gasteiger partial charge < -0.3 is 19.7 Å². The Balaban J connectivity index is 1.52. The van der Waals surface area contributed by atoms with Gasteiger partial charge in [-0.05, 0) is 60.2 Å². The number of methoxy groups -OCH3 is 2. The summed E-state index contributed by atoms with van der Waals surface area (Å²) in [4.78, 5) is 24.3. The summed E-state index contributed by atoms with van der Waals surface area (Å²) < 4.78 is 10.2. The van der Waals surface area contributed by atoms with Crippen molar-refractivity contribution in [1.82, 2.24) is 10.9 Å². The third-order valence-corrected chi connectivity index (χ3v) is 4.82. The van der Waals surface area contributed by atoms with E-state index >= 15 is 0 Å². The van der Waals surface area contributed by atoms with E-state index < -0.39 is 11.8 Å². The molecule has 0 heterocycles. The highest BCUT2D eigenvalue weighted by atomic mass is 16.5. The molecule has 0 aliphatic rings. The van der Waals surface area contributed by atoms with Gasteiger partial charge in [-0.1, -0.05) is 12.1 Å². The lowest BCUT2D eigenvalue weighted by Crippen LogP contribution is -2.17. The standard InChI is InChI=1S/C26H24N4O6/c1-35-21-8-10-23(31)19(13-21)15-27-29-25(33)12-5-17-3-6-18(7-4-17)26(34)30-28-16-20-14-22(36-2)9-11-24(20)32/h3-16,31-32H,1-2H3,(H,29,33)(H,30,34)/b12-5+,27-15+,28-16+. The van der Waals surface area contributed by atoms with E-state index in [4.69, 9.17) is 9.47 Å². The highest BCUT2D eigenvalue weighted by molar-refractivity contribution is 5.96. The molecule has 0 bridgehead atoms. The van der Waals surface area contributed by atoms with Crippen LogP contribution in [0.5, 0.6) is 23.0 Å². The molecule has 36 heavy (non-hydrogen) atoms. The predicted molar refractivity (Wildman–Crippen MR) is 136 cm³/mol. The van der Waals surface area contributed by atoms with E-state index in [0.717, 1.165) is 0 Å². The molecule has 184 valence electrons. The van der Waals surface area contributed by atoms with Gasteiger partial charge in [-0.2, -0.15) is 10.2 Å². The molecule has 3 rings (SSSR count). The van der Waals surface area contributed by atoms with Crippen LogP contribution in [0, 0.1) is 0 Å². The first kappa shape index (κ1) is 25.5. The number of hydrogen-bond acceptors (Lipinski definition) is 8. The minimum atomic E-state index is -0.481. The van der Waals surface area contributed by atoms with Crippen LogP contribution >= 0.6 is 0 Å². The van der Waals surface area contributed by atoms with Gasteiger partial charge >= 0.3 is 0 Å². The first-order valence-corrected chi connectivity index (χ1v) is 10.6. The number of hydrogen-bond donors (Lipinski definition) is 4. The van der Waals surface area contributed by atoms with Gasteiger partial charge in [0.05, 0.1) is 26.6 Å². The van der Waals surface area contributed by atoms with Crippen molar-refractivity contribution in [1.29, 1.82) is 0 Å². The van der Waals surface area contributed by atoms with Crippen LogP contribution in [0.2, 0.25) is 0 Å². The third-order valence-electron chi connectivity index (χ3n) is 4.82. The van der Waals surface area contributed by atoms with Gasteiger partial charge in [-0.3, -0.25) is 9.59 Å². The van der Waals surface area contributed by atoms with Gasteiger partial charge in [0.1, 0.15) is 23.0 Å².